The summed E-state index contributed by atoms with van der Waals surface area (Å²) in [4.78, 5) is 4.70. The van der Waals surface area contributed by atoms with Crippen molar-refractivity contribution in [2.75, 3.05) is 40.0 Å². The molecule has 1 aromatic carbocycles. The van der Waals surface area contributed by atoms with Crippen molar-refractivity contribution in [1.82, 2.24) is 10.6 Å². The fourth-order valence-electron chi connectivity index (χ4n) is 3.12. The van der Waals surface area contributed by atoms with Gasteiger partial charge >= 0.3 is 0 Å². The predicted molar refractivity (Wildman–Crippen MR) is 117 cm³/mol. The van der Waals surface area contributed by atoms with E-state index in [1.807, 2.05) is 13.0 Å². The van der Waals surface area contributed by atoms with Gasteiger partial charge in [-0.1, -0.05) is 19.4 Å². The summed E-state index contributed by atoms with van der Waals surface area (Å²) in [6.45, 7) is 9.51. The molecular weight excluding hydrogens is 354 g/mol. The Bertz CT molecular complexity index is 558. The maximum atomic E-state index is 9.20. The van der Waals surface area contributed by atoms with Gasteiger partial charge in [0.2, 0.25) is 0 Å². The van der Waals surface area contributed by atoms with Gasteiger partial charge in [0.1, 0.15) is 0 Å². The molecule has 6 nitrogen and oxygen atoms in total. The molecule has 160 valence electrons. The number of methoxy groups -OCH3 is 1. The van der Waals surface area contributed by atoms with Crippen LogP contribution >= 0.6 is 0 Å². The summed E-state index contributed by atoms with van der Waals surface area (Å²) in [5, 5.41) is 15.9. The highest BCUT2D eigenvalue weighted by atomic mass is 16.5. The van der Waals surface area contributed by atoms with Gasteiger partial charge in [0.05, 0.1) is 13.7 Å². The van der Waals surface area contributed by atoms with Crippen LogP contribution in [0.5, 0.6) is 11.5 Å². The van der Waals surface area contributed by atoms with Crippen LogP contribution in [0.3, 0.4) is 0 Å². The van der Waals surface area contributed by atoms with Crippen molar-refractivity contribution in [3.63, 3.8) is 0 Å². The minimum Gasteiger partial charge on any atom is -0.493 e. The molecule has 3 N–H and O–H groups in total. The Morgan fingerprint density at radius 2 is 1.96 bits per heavy atom. The SMILES string of the molecule is CCCC(CCO)CN=C(NCC)NCCCc1ccc(OC)c(OCC)c1. The predicted octanol–water partition coefficient (Wildman–Crippen LogP) is 3.38. The van der Waals surface area contributed by atoms with Gasteiger partial charge in [0.25, 0.3) is 0 Å². The topological polar surface area (TPSA) is 75.1 Å². The van der Waals surface area contributed by atoms with E-state index in [-0.39, 0.29) is 6.61 Å². The van der Waals surface area contributed by atoms with Gasteiger partial charge < -0.3 is 25.2 Å². The Kier molecular flexibility index (Phi) is 12.9. The second-order valence-corrected chi connectivity index (χ2v) is 6.84. The first-order valence-corrected chi connectivity index (χ1v) is 10.6. The highest BCUT2D eigenvalue weighted by Gasteiger charge is 2.08. The number of aliphatic imine (C=N–C) groups is 1. The van der Waals surface area contributed by atoms with Crippen LogP contribution in [-0.2, 0) is 6.42 Å². The highest BCUT2D eigenvalue weighted by molar-refractivity contribution is 5.79. The van der Waals surface area contributed by atoms with E-state index >= 15 is 0 Å². The third kappa shape index (κ3) is 9.31. The van der Waals surface area contributed by atoms with Gasteiger partial charge in [-0.15, -0.1) is 0 Å². The Morgan fingerprint density at radius 3 is 2.61 bits per heavy atom. The molecule has 0 amide bonds. The zero-order valence-electron chi connectivity index (χ0n) is 18.1. The molecule has 0 fully saturated rings. The van der Waals surface area contributed by atoms with Gasteiger partial charge in [-0.05, 0) is 63.1 Å². The van der Waals surface area contributed by atoms with E-state index in [9.17, 15) is 5.11 Å². The third-order valence-corrected chi connectivity index (χ3v) is 4.55. The average molecular weight is 394 g/mol. The Hall–Kier alpha value is -1.95. The van der Waals surface area contributed by atoms with Gasteiger partial charge in [0, 0.05) is 26.2 Å². The number of aliphatic hydroxyl groups excluding tert-OH is 1. The van der Waals surface area contributed by atoms with Crippen LogP contribution in [0.1, 0.15) is 52.0 Å². The lowest BCUT2D eigenvalue weighted by Gasteiger charge is -2.15. The van der Waals surface area contributed by atoms with E-state index in [1.165, 1.54) is 5.56 Å². The fourth-order valence-corrected chi connectivity index (χ4v) is 3.12. The summed E-state index contributed by atoms with van der Waals surface area (Å²) in [7, 11) is 1.66. The van der Waals surface area contributed by atoms with E-state index < -0.39 is 0 Å². The van der Waals surface area contributed by atoms with Crippen LogP contribution in [-0.4, -0.2) is 51.0 Å². The molecule has 0 spiro atoms. The normalized spacial score (nSPS) is 12.5. The van der Waals surface area contributed by atoms with Crippen molar-refractivity contribution in [2.45, 2.75) is 52.9 Å². The first kappa shape index (κ1) is 24.1. The Morgan fingerprint density at radius 1 is 1.14 bits per heavy atom. The van der Waals surface area contributed by atoms with Crippen LogP contribution in [0.25, 0.3) is 0 Å². The lowest BCUT2D eigenvalue weighted by atomic mass is 10.0. The molecule has 1 rings (SSSR count). The van der Waals surface area contributed by atoms with Crippen molar-refractivity contribution in [2.24, 2.45) is 10.9 Å². The molecule has 1 unspecified atom stereocenters. The largest absolute Gasteiger partial charge is 0.493 e. The van der Waals surface area contributed by atoms with Crippen LogP contribution in [0.15, 0.2) is 23.2 Å². The molecule has 0 saturated carbocycles. The zero-order valence-corrected chi connectivity index (χ0v) is 18.1. The van der Waals surface area contributed by atoms with Crippen molar-refractivity contribution < 1.29 is 14.6 Å². The number of hydrogen-bond acceptors (Lipinski definition) is 4. The number of nitrogens with one attached hydrogen (secondary N) is 2. The molecule has 1 atom stereocenters. The van der Waals surface area contributed by atoms with E-state index in [2.05, 4.69) is 36.6 Å². The number of ether oxygens (including phenoxy) is 2. The van der Waals surface area contributed by atoms with Crippen LogP contribution in [0.4, 0.5) is 0 Å². The zero-order chi connectivity index (χ0) is 20.6. The smallest absolute Gasteiger partial charge is 0.191 e. The first-order chi connectivity index (χ1) is 13.7. The number of hydrogen-bond donors (Lipinski definition) is 3. The molecule has 0 bridgehead atoms. The van der Waals surface area contributed by atoms with Crippen molar-refractivity contribution in [3.05, 3.63) is 23.8 Å². The number of rotatable bonds is 14. The maximum Gasteiger partial charge on any atom is 0.191 e. The second kappa shape index (κ2) is 15.0. The highest BCUT2D eigenvalue weighted by Crippen LogP contribution is 2.28. The molecule has 28 heavy (non-hydrogen) atoms. The molecule has 0 aliphatic carbocycles. The monoisotopic (exact) mass is 393 g/mol. The second-order valence-electron chi connectivity index (χ2n) is 6.84. The van der Waals surface area contributed by atoms with Gasteiger partial charge in [-0.25, -0.2) is 0 Å². The van der Waals surface area contributed by atoms with Gasteiger partial charge in [-0.3, -0.25) is 4.99 Å². The molecule has 0 aliphatic rings. The number of aryl methyl sites for hydroxylation is 1. The van der Waals surface area contributed by atoms with E-state index in [4.69, 9.17) is 14.5 Å². The maximum absolute atomic E-state index is 9.20. The molecule has 0 aromatic heterocycles. The van der Waals surface area contributed by atoms with E-state index in [0.717, 1.165) is 69.2 Å². The lowest BCUT2D eigenvalue weighted by molar-refractivity contribution is 0.253. The number of guanidine groups is 1. The number of benzene rings is 1. The minimum atomic E-state index is 0.232. The summed E-state index contributed by atoms with van der Waals surface area (Å²) in [6.07, 6.45) is 4.99. The Labute approximate surface area is 170 Å². The van der Waals surface area contributed by atoms with Crippen LogP contribution < -0.4 is 20.1 Å². The molecule has 1 aromatic rings. The molecule has 0 saturated heterocycles. The molecule has 6 heteroatoms. The Balaban J connectivity index is 2.51. The van der Waals surface area contributed by atoms with E-state index in [1.54, 1.807) is 7.11 Å². The van der Waals surface area contributed by atoms with E-state index in [0.29, 0.717) is 12.5 Å². The summed E-state index contributed by atoms with van der Waals surface area (Å²) >= 11 is 0. The van der Waals surface area contributed by atoms with Crippen LogP contribution in [0, 0.1) is 5.92 Å². The first-order valence-electron chi connectivity index (χ1n) is 10.6. The fraction of sp³-hybridized carbons (Fsp3) is 0.682. The van der Waals surface area contributed by atoms with Crippen molar-refractivity contribution in [3.8, 4) is 11.5 Å². The van der Waals surface area contributed by atoms with Crippen molar-refractivity contribution >= 4 is 5.96 Å². The molecule has 0 radical (unpaired) electrons. The average Bonchev–Trinajstić information content (AvgIpc) is 2.70. The van der Waals surface area contributed by atoms with Gasteiger partial charge in [0.15, 0.2) is 17.5 Å². The van der Waals surface area contributed by atoms with Crippen LogP contribution in [0.2, 0.25) is 0 Å². The minimum absolute atomic E-state index is 0.232. The molecule has 0 heterocycles. The third-order valence-electron chi connectivity index (χ3n) is 4.55. The summed E-state index contributed by atoms with van der Waals surface area (Å²) in [6, 6.07) is 6.12. The quantitative estimate of drug-likeness (QED) is 0.257. The summed E-state index contributed by atoms with van der Waals surface area (Å²) in [5.74, 6) is 2.87. The summed E-state index contributed by atoms with van der Waals surface area (Å²) in [5.41, 5.74) is 1.24. The standard InChI is InChI=1S/C22H39N3O3/c1-5-9-19(13-15-26)17-25-22(23-6-2)24-14-8-10-18-11-12-20(27-4)21(16-18)28-7-3/h11-12,16,19,26H,5-10,13-15,17H2,1-4H3,(H2,23,24,25). The molecule has 0 aliphatic heterocycles. The molecular formula is C22H39N3O3. The van der Waals surface area contributed by atoms with Crippen molar-refractivity contribution in [1.29, 1.82) is 0 Å². The van der Waals surface area contributed by atoms with Gasteiger partial charge in [-0.2, -0.15) is 0 Å². The number of nitrogens with zero attached hydrogens (tertiary/aromatic N) is 1. The number of aliphatic hydroxyl groups is 1. The summed E-state index contributed by atoms with van der Waals surface area (Å²) < 4.78 is 11.0. The lowest BCUT2D eigenvalue weighted by Crippen LogP contribution is -2.38.